The molecule has 1 aromatic heterocycles. The molecule has 0 aliphatic heterocycles. The highest BCUT2D eigenvalue weighted by atomic mass is 35.5. The van der Waals surface area contributed by atoms with Gasteiger partial charge >= 0.3 is 0 Å². The summed E-state index contributed by atoms with van der Waals surface area (Å²) in [6, 6.07) is 5.66. The molecule has 0 atom stereocenters. The van der Waals surface area contributed by atoms with Gasteiger partial charge in [-0.2, -0.15) is 0 Å². The molecule has 1 aromatic carbocycles. The summed E-state index contributed by atoms with van der Waals surface area (Å²) in [5.41, 5.74) is 0.987. The average molecular weight is 266 g/mol. The van der Waals surface area contributed by atoms with Crippen LogP contribution in [-0.4, -0.2) is 23.6 Å². The van der Waals surface area contributed by atoms with Crippen LogP contribution >= 0.6 is 11.6 Å². The van der Waals surface area contributed by atoms with Crippen LogP contribution in [0.3, 0.4) is 0 Å². The highest BCUT2D eigenvalue weighted by Gasteiger charge is 2.06. The maximum absolute atomic E-state index is 6.15. The Morgan fingerprint density at radius 2 is 2.33 bits per heavy atom. The number of rotatable bonds is 6. The molecule has 0 bridgehead atoms. The van der Waals surface area contributed by atoms with Crippen LogP contribution in [0.4, 0.5) is 0 Å². The zero-order chi connectivity index (χ0) is 12.8. The Balaban J connectivity index is 1.86. The maximum atomic E-state index is 6.15. The van der Waals surface area contributed by atoms with Crippen LogP contribution in [0.25, 0.3) is 0 Å². The molecule has 0 saturated carbocycles. The van der Waals surface area contributed by atoms with E-state index < -0.39 is 0 Å². The van der Waals surface area contributed by atoms with E-state index in [-0.39, 0.29) is 0 Å². The van der Waals surface area contributed by atoms with Gasteiger partial charge in [0.1, 0.15) is 11.6 Å². The molecule has 2 aromatic rings. The zero-order valence-electron chi connectivity index (χ0n) is 10.2. The monoisotopic (exact) mass is 265 g/mol. The molecular formula is C13H16ClN3O. The molecule has 0 spiro atoms. The summed E-state index contributed by atoms with van der Waals surface area (Å²) in [4.78, 5) is 7.23. The van der Waals surface area contributed by atoms with Crippen LogP contribution in [0, 0.1) is 0 Å². The number of halogens is 1. The molecule has 0 fully saturated rings. The normalized spacial score (nSPS) is 10.6. The van der Waals surface area contributed by atoms with Gasteiger partial charge in [0, 0.05) is 42.5 Å². The first-order valence-electron chi connectivity index (χ1n) is 5.81. The molecule has 2 N–H and O–H groups in total. The predicted molar refractivity (Wildman–Crippen MR) is 72.0 cm³/mol. The highest BCUT2D eigenvalue weighted by Crippen LogP contribution is 2.25. The first-order valence-corrected chi connectivity index (χ1v) is 6.19. The second-order valence-electron chi connectivity index (χ2n) is 3.88. The summed E-state index contributed by atoms with van der Waals surface area (Å²) in [6.45, 7) is 1.52. The van der Waals surface area contributed by atoms with E-state index in [9.17, 15) is 0 Å². The van der Waals surface area contributed by atoms with E-state index in [1.54, 1.807) is 13.3 Å². The van der Waals surface area contributed by atoms with Crippen molar-refractivity contribution < 1.29 is 4.74 Å². The summed E-state index contributed by atoms with van der Waals surface area (Å²) >= 11 is 6.15. The Kier molecular flexibility index (Phi) is 4.61. The summed E-state index contributed by atoms with van der Waals surface area (Å²) in [5, 5.41) is 4.05. The molecule has 4 nitrogen and oxygen atoms in total. The molecule has 2 rings (SSSR count). The van der Waals surface area contributed by atoms with Gasteiger partial charge in [-0.05, 0) is 12.1 Å². The molecule has 5 heteroatoms. The number of H-pyrrole nitrogens is 1. The van der Waals surface area contributed by atoms with Crippen molar-refractivity contribution in [2.24, 2.45) is 0 Å². The number of ether oxygens (including phenoxy) is 1. The van der Waals surface area contributed by atoms with Crippen LogP contribution < -0.4 is 10.1 Å². The third-order valence-electron chi connectivity index (χ3n) is 2.69. The van der Waals surface area contributed by atoms with Crippen LogP contribution in [0.5, 0.6) is 5.75 Å². The number of hydrogen-bond donors (Lipinski definition) is 2. The minimum absolute atomic E-state index is 0.684. The number of aromatic nitrogens is 2. The van der Waals surface area contributed by atoms with Crippen molar-refractivity contribution in [2.75, 3.05) is 13.7 Å². The standard InChI is InChI=1S/C13H16ClN3O/c1-18-12-4-2-3-11(14)10(12)9-15-6-5-13-16-7-8-17-13/h2-4,7-8,15H,5-6,9H2,1H3,(H,16,17). The van der Waals surface area contributed by atoms with Crippen molar-refractivity contribution in [3.8, 4) is 5.75 Å². The minimum Gasteiger partial charge on any atom is -0.496 e. The van der Waals surface area contributed by atoms with E-state index in [0.29, 0.717) is 6.54 Å². The van der Waals surface area contributed by atoms with E-state index in [4.69, 9.17) is 16.3 Å². The summed E-state index contributed by atoms with van der Waals surface area (Å²) in [7, 11) is 1.65. The number of methoxy groups -OCH3 is 1. The van der Waals surface area contributed by atoms with E-state index in [1.165, 1.54) is 0 Å². The molecule has 0 unspecified atom stereocenters. The van der Waals surface area contributed by atoms with Gasteiger partial charge in [0.25, 0.3) is 0 Å². The zero-order valence-corrected chi connectivity index (χ0v) is 11.0. The van der Waals surface area contributed by atoms with E-state index in [0.717, 1.165) is 35.1 Å². The number of hydrogen-bond acceptors (Lipinski definition) is 3. The highest BCUT2D eigenvalue weighted by molar-refractivity contribution is 6.31. The van der Waals surface area contributed by atoms with Gasteiger partial charge < -0.3 is 15.0 Å². The SMILES string of the molecule is COc1cccc(Cl)c1CNCCc1ncc[nH]1. The smallest absolute Gasteiger partial charge is 0.124 e. The van der Waals surface area contributed by atoms with Crippen molar-refractivity contribution in [1.29, 1.82) is 0 Å². The fourth-order valence-electron chi connectivity index (χ4n) is 1.76. The lowest BCUT2D eigenvalue weighted by molar-refractivity contribution is 0.408. The number of benzene rings is 1. The minimum atomic E-state index is 0.684. The fourth-order valence-corrected chi connectivity index (χ4v) is 1.99. The second kappa shape index (κ2) is 6.42. The number of nitrogens with zero attached hydrogens (tertiary/aromatic N) is 1. The van der Waals surface area contributed by atoms with Crippen LogP contribution in [-0.2, 0) is 13.0 Å². The summed E-state index contributed by atoms with van der Waals surface area (Å²) in [5.74, 6) is 1.79. The third kappa shape index (κ3) is 3.24. The largest absolute Gasteiger partial charge is 0.496 e. The Bertz CT molecular complexity index is 485. The van der Waals surface area contributed by atoms with Gasteiger partial charge in [0.15, 0.2) is 0 Å². The van der Waals surface area contributed by atoms with Crippen LogP contribution in [0.1, 0.15) is 11.4 Å². The van der Waals surface area contributed by atoms with E-state index >= 15 is 0 Å². The summed E-state index contributed by atoms with van der Waals surface area (Å²) < 4.78 is 5.29. The average Bonchev–Trinajstić information content (AvgIpc) is 2.89. The van der Waals surface area contributed by atoms with E-state index in [2.05, 4.69) is 15.3 Å². The molecule has 96 valence electrons. The topological polar surface area (TPSA) is 49.9 Å². The molecular weight excluding hydrogens is 250 g/mol. The van der Waals surface area contributed by atoms with Gasteiger partial charge in [0.05, 0.1) is 7.11 Å². The van der Waals surface area contributed by atoms with Crippen molar-refractivity contribution in [3.05, 3.63) is 47.0 Å². The lowest BCUT2D eigenvalue weighted by Gasteiger charge is -2.10. The lowest BCUT2D eigenvalue weighted by atomic mass is 10.2. The first kappa shape index (κ1) is 12.9. The third-order valence-corrected chi connectivity index (χ3v) is 3.05. The lowest BCUT2D eigenvalue weighted by Crippen LogP contribution is -2.18. The Morgan fingerprint density at radius 1 is 1.44 bits per heavy atom. The first-order chi connectivity index (χ1) is 8.81. The Morgan fingerprint density at radius 3 is 3.06 bits per heavy atom. The molecule has 0 amide bonds. The quantitative estimate of drug-likeness (QED) is 0.789. The predicted octanol–water partition coefficient (Wildman–Crippen LogP) is 2.40. The van der Waals surface area contributed by atoms with Crippen molar-refractivity contribution in [2.45, 2.75) is 13.0 Å². The van der Waals surface area contributed by atoms with Crippen molar-refractivity contribution in [3.63, 3.8) is 0 Å². The number of nitrogens with one attached hydrogen (secondary N) is 2. The Labute approximate surface area is 111 Å². The Hall–Kier alpha value is -1.52. The summed E-state index contributed by atoms with van der Waals surface area (Å²) in [6.07, 6.45) is 4.44. The van der Waals surface area contributed by atoms with Crippen molar-refractivity contribution >= 4 is 11.6 Å². The molecule has 0 aliphatic rings. The molecule has 18 heavy (non-hydrogen) atoms. The fraction of sp³-hybridized carbons (Fsp3) is 0.308. The number of imidazole rings is 1. The van der Waals surface area contributed by atoms with E-state index in [1.807, 2.05) is 24.4 Å². The van der Waals surface area contributed by atoms with Gasteiger partial charge in [-0.15, -0.1) is 0 Å². The van der Waals surface area contributed by atoms with Crippen LogP contribution in [0.15, 0.2) is 30.6 Å². The molecule has 0 saturated heterocycles. The van der Waals surface area contributed by atoms with Gasteiger partial charge in [-0.3, -0.25) is 0 Å². The molecule has 0 radical (unpaired) electrons. The van der Waals surface area contributed by atoms with Gasteiger partial charge in [0.2, 0.25) is 0 Å². The van der Waals surface area contributed by atoms with Crippen molar-refractivity contribution in [1.82, 2.24) is 15.3 Å². The molecule has 0 aliphatic carbocycles. The number of aromatic amines is 1. The molecule has 1 heterocycles. The maximum Gasteiger partial charge on any atom is 0.124 e. The van der Waals surface area contributed by atoms with Crippen LogP contribution in [0.2, 0.25) is 5.02 Å². The second-order valence-corrected chi connectivity index (χ2v) is 4.29. The van der Waals surface area contributed by atoms with Gasteiger partial charge in [-0.1, -0.05) is 17.7 Å². The van der Waals surface area contributed by atoms with Gasteiger partial charge in [-0.25, -0.2) is 4.98 Å².